The van der Waals surface area contributed by atoms with E-state index in [-0.39, 0.29) is 12.0 Å². The number of hydrogen-bond acceptors (Lipinski definition) is 9. The number of ether oxygens (including phenoxy) is 8. The lowest BCUT2D eigenvalue weighted by molar-refractivity contribution is -0.0209. The van der Waals surface area contributed by atoms with Crippen LogP contribution in [-0.2, 0) is 37.9 Å². The highest BCUT2D eigenvalue weighted by molar-refractivity contribution is 5.79. The van der Waals surface area contributed by atoms with Crippen molar-refractivity contribution in [2.24, 2.45) is 0 Å². The van der Waals surface area contributed by atoms with Crippen molar-refractivity contribution < 1.29 is 42.7 Å². The average Bonchev–Trinajstić information content (AvgIpc) is 3.42. The molecule has 2 aromatic rings. The molecule has 1 aliphatic rings. The van der Waals surface area contributed by atoms with Gasteiger partial charge in [0.2, 0.25) is 0 Å². The lowest BCUT2D eigenvalue weighted by atomic mass is 9.98. The van der Waals surface area contributed by atoms with Crippen LogP contribution in [0.5, 0.6) is 0 Å². The van der Waals surface area contributed by atoms with Crippen molar-refractivity contribution in [3.05, 3.63) is 59.7 Å². The molecular weight excluding hydrogens is 602 g/mol. The molecule has 264 valence electrons. The summed E-state index contributed by atoms with van der Waals surface area (Å²) < 4.78 is 44.4. The predicted molar refractivity (Wildman–Crippen MR) is 182 cm³/mol. The minimum Gasteiger partial charge on any atom is -0.448 e. The van der Waals surface area contributed by atoms with E-state index in [2.05, 4.69) is 31.2 Å². The summed E-state index contributed by atoms with van der Waals surface area (Å²) >= 11 is 0. The number of hydrogen-bond donors (Lipinski definition) is 0. The van der Waals surface area contributed by atoms with Crippen LogP contribution in [0.1, 0.15) is 56.1 Å². The van der Waals surface area contributed by atoms with Crippen molar-refractivity contribution in [3.8, 4) is 11.1 Å². The van der Waals surface area contributed by atoms with Crippen LogP contribution in [0.25, 0.3) is 11.1 Å². The van der Waals surface area contributed by atoms with Gasteiger partial charge >= 0.3 is 6.09 Å². The summed E-state index contributed by atoms with van der Waals surface area (Å²) in [6, 6.07) is 16.6. The minimum absolute atomic E-state index is 0.0470. The van der Waals surface area contributed by atoms with Crippen LogP contribution in [0.15, 0.2) is 48.5 Å². The number of unbranched alkanes of at least 4 members (excludes halogenated alkanes) is 4. The molecule has 0 saturated heterocycles. The fraction of sp³-hybridized carbons (Fsp3) is 0.649. The maximum Gasteiger partial charge on any atom is 0.409 e. The van der Waals surface area contributed by atoms with Crippen LogP contribution in [0, 0.1) is 0 Å². The zero-order valence-corrected chi connectivity index (χ0v) is 28.7. The first-order valence-corrected chi connectivity index (χ1v) is 17.3. The molecule has 2 aromatic carbocycles. The fourth-order valence-corrected chi connectivity index (χ4v) is 5.23. The molecule has 0 spiro atoms. The molecule has 0 radical (unpaired) electrons. The first-order chi connectivity index (χ1) is 23.2. The number of rotatable bonds is 29. The second-order valence-electron chi connectivity index (χ2n) is 11.4. The Morgan fingerprint density at radius 3 is 1.43 bits per heavy atom. The Morgan fingerprint density at radius 2 is 0.957 bits per heavy atom. The van der Waals surface area contributed by atoms with Gasteiger partial charge in [-0.2, -0.15) is 0 Å². The number of likely N-dealkylation sites (N-methyl/N-ethyl adjacent to an activating group) is 1. The van der Waals surface area contributed by atoms with E-state index in [0.29, 0.717) is 99.0 Å². The molecule has 0 N–H and O–H groups in total. The summed E-state index contributed by atoms with van der Waals surface area (Å²) in [7, 11) is 1.72. The zero-order valence-electron chi connectivity index (χ0n) is 28.7. The van der Waals surface area contributed by atoms with Crippen molar-refractivity contribution >= 4 is 6.09 Å². The quantitative estimate of drug-likeness (QED) is 0.0982. The van der Waals surface area contributed by atoms with Gasteiger partial charge in [0.05, 0.1) is 85.9 Å². The maximum absolute atomic E-state index is 12.6. The van der Waals surface area contributed by atoms with E-state index in [9.17, 15) is 4.79 Å². The molecule has 10 nitrogen and oxygen atoms in total. The third-order valence-corrected chi connectivity index (χ3v) is 7.84. The van der Waals surface area contributed by atoms with E-state index in [1.165, 1.54) is 47.9 Å². The first kappa shape index (κ1) is 38.9. The van der Waals surface area contributed by atoms with Crippen molar-refractivity contribution in [3.63, 3.8) is 0 Å². The lowest BCUT2D eigenvalue weighted by Crippen LogP contribution is -2.32. The Labute approximate surface area is 281 Å². The molecule has 0 heterocycles. The third kappa shape index (κ3) is 15.9. The standard InChI is InChI=1S/C37H57NO9/c1-3-4-5-6-11-17-40-19-21-42-23-25-44-27-29-46-30-28-45-26-24-43-22-20-41-18-16-38(2)37(39)47-31-36-34-14-9-7-12-32(34)33-13-8-10-15-35(33)36/h7-10,12-15,36H,3-6,11,16-31H2,1-2H3. The van der Waals surface area contributed by atoms with Gasteiger partial charge in [-0.3, -0.25) is 0 Å². The summed E-state index contributed by atoms with van der Waals surface area (Å²) in [6.45, 7) is 10.5. The smallest absolute Gasteiger partial charge is 0.409 e. The van der Waals surface area contributed by atoms with E-state index in [4.69, 9.17) is 37.9 Å². The van der Waals surface area contributed by atoms with Crippen LogP contribution in [0.3, 0.4) is 0 Å². The number of nitrogens with zero attached hydrogens (tertiary/aromatic N) is 1. The summed E-state index contributed by atoms with van der Waals surface area (Å²) in [5.41, 5.74) is 4.82. The summed E-state index contributed by atoms with van der Waals surface area (Å²) in [5.74, 6) is 0.0470. The van der Waals surface area contributed by atoms with E-state index in [1.54, 1.807) is 11.9 Å². The molecule has 0 aromatic heterocycles. The van der Waals surface area contributed by atoms with Gasteiger partial charge in [0, 0.05) is 26.1 Å². The molecule has 10 heteroatoms. The summed E-state index contributed by atoms with van der Waals surface area (Å²) in [4.78, 5) is 14.1. The molecule has 0 atom stereocenters. The van der Waals surface area contributed by atoms with Crippen LogP contribution in [0.4, 0.5) is 4.79 Å². The van der Waals surface area contributed by atoms with E-state index >= 15 is 0 Å². The van der Waals surface area contributed by atoms with Crippen LogP contribution in [0.2, 0.25) is 0 Å². The number of amides is 1. The van der Waals surface area contributed by atoms with Crippen LogP contribution >= 0.6 is 0 Å². The van der Waals surface area contributed by atoms with Crippen LogP contribution in [-0.4, -0.2) is 124 Å². The van der Waals surface area contributed by atoms with Gasteiger partial charge in [0.1, 0.15) is 6.61 Å². The molecule has 1 aliphatic carbocycles. The topological polar surface area (TPSA) is 94.2 Å². The Balaban J connectivity index is 1.03. The molecule has 3 rings (SSSR count). The maximum atomic E-state index is 12.6. The highest BCUT2D eigenvalue weighted by Gasteiger charge is 2.29. The summed E-state index contributed by atoms with van der Waals surface area (Å²) in [6.07, 6.45) is 5.91. The Hall–Kier alpha value is -2.57. The second kappa shape index (κ2) is 25.4. The van der Waals surface area contributed by atoms with Gasteiger partial charge in [-0.05, 0) is 28.7 Å². The molecule has 0 aliphatic heterocycles. The van der Waals surface area contributed by atoms with E-state index < -0.39 is 0 Å². The average molecular weight is 660 g/mol. The zero-order chi connectivity index (χ0) is 33.2. The van der Waals surface area contributed by atoms with Crippen molar-refractivity contribution in [1.82, 2.24) is 4.90 Å². The van der Waals surface area contributed by atoms with Crippen LogP contribution < -0.4 is 0 Å². The number of carbonyl (C=O) groups excluding carboxylic acids is 1. The van der Waals surface area contributed by atoms with Gasteiger partial charge in [0.25, 0.3) is 0 Å². The molecule has 0 unspecified atom stereocenters. The number of carbonyl (C=O) groups is 1. The Bertz CT molecular complexity index is 1040. The van der Waals surface area contributed by atoms with Crippen molar-refractivity contribution in [2.75, 3.05) is 113 Å². The first-order valence-electron chi connectivity index (χ1n) is 17.3. The number of fused-ring (bicyclic) bond motifs is 3. The SMILES string of the molecule is CCCCCCCOCCOCCOCCOCCOCCOCCOCCN(C)C(=O)OCC1c2ccccc2-c2ccccc21. The molecule has 47 heavy (non-hydrogen) atoms. The van der Waals surface area contributed by atoms with Crippen molar-refractivity contribution in [2.45, 2.75) is 44.9 Å². The molecule has 0 saturated carbocycles. The molecule has 1 amide bonds. The van der Waals surface area contributed by atoms with Gasteiger partial charge in [-0.1, -0.05) is 81.1 Å². The minimum atomic E-state index is -0.356. The Morgan fingerprint density at radius 1 is 0.553 bits per heavy atom. The van der Waals surface area contributed by atoms with Gasteiger partial charge in [-0.25, -0.2) is 4.79 Å². The lowest BCUT2D eigenvalue weighted by Gasteiger charge is -2.19. The molecular formula is C37H57NO9. The van der Waals surface area contributed by atoms with E-state index in [0.717, 1.165) is 13.0 Å². The number of benzene rings is 2. The van der Waals surface area contributed by atoms with Gasteiger partial charge in [-0.15, -0.1) is 0 Å². The predicted octanol–water partition coefficient (Wildman–Crippen LogP) is 5.95. The highest BCUT2D eigenvalue weighted by Crippen LogP contribution is 2.44. The Kier molecular flexibility index (Phi) is 21.0. The molecule has 0 bridgehead atoms. The van der Waals surface area contributed by atoms with Gasteiger partial charge in [0.15, 0.2) is 0 Å². The third-order valence-electron chi connectivity index (χ3n) is 7.84. The largest absolute Gasteiger partial charge is 0.448 e. The highest BCUT2D eigenvalue weighted by atomic mass is 16.6. The fourth-order valence-electron chi connectivity index (χ4n) is 5.23. The normalized spacial score (nSPS) is 12.3. The monoisotopic (exact) mass is 659 g/mol. The summed E-state index contributed by atoms with van der Waals surface area (Å²) in [5, 5.41) is 0. The second-order valence-corrected chi connectivity index (χ2v) is 11.4. The van der Waals surface area contributed by atoms with Crippen molar-refractivity contribution in [1.29, 1.82) is 0 Å². The van der Waals surface area contributed by atoms with Gasteiger partial charge < -0.3 is 42.8 Å². The van der Waals surface area contributed by atoms with E-state index in [1.807, 2.05) is 24.3 Å². The molecule has 0 fully saturated rings.